The molecule has 1 atom stereocenters. The molecule has 0 unspecified atom stereocenters. The van der Waals surface area contributed by atoms with Gasteiger partial charge in [-0.15, -0.1) is 11.8 Å². The zero-order chi connectivity index (χ0) is 22.7. The Bertz CT molecular complexity index is 1050. The van der Waals surface area contributed by atoms with E-state index in [9.17, 15) is 19.2 Å². The number of methoxy groups -OCH3 is 1. The summed E-state index contributed by atoms with van der Waals surface area (Å²) in [5.41, 5.74) is 1.72. The Morgan fingerprint density at radius 1 is 1.06 bits per heavy atom. The van der Waals surface area contributed by atoms with E-state index in [2.05, 4.69) is 15.4 Å². The van der Waals surface area contributed by atoms with Gasteiger partial charge in [0.2, 0.25) is 17.7 Å². The number of rotatable bonds is 4. The number of anilines is 2. The number of para-hydroxylation sites is 1. The normalized spacial score (nSPS) is 18.3. The van der Waals surface area contributed by atoms with Crippen molar-refractivity contribution < 1.29 is 23.9 Å². The first kappa shape index (κ1) is 21.9. The Morgan fingerprint density at radius 3 is 2.44 bits per heavy atom. The number of likely N-dealkylation sites (tertiary alicyclic amines) is 1. The molecule has 0 aromatic heterocycles. The molecule has 2 heterocycles. The number of carbonyl (C=O) groups is 4. The maximum Gasteiger partial charge on any atom is 0.337 e. The number of hydrogen-bond acceptors (Lipinski definition) is 6. The zero-order valence-corrected chi connectivity index (χ0v) is 18.3. The van der Waals surface area contributed by atoms with Gasteiger partial charge in [0.05, 0.1) is 18.4 Å². The summed E-state index contributed by atoms with van der Waals surface area (Å²) in [6.45, 7) is 0.842. The van der Waals surface area contributed by atoms with Crippen LogP contribution in [-0.4, -0.2) is 54.0 Å². The first-order chi connectivity index (χ1) is 15.5. The van der Waals surface area contributed by atoms with Gasteiger partial charge in [0.1, 0.15) is 0 Å². The average molecular weight is 454 g/mol. The monoisotopic (exact) mass is 453 g/mol. The molecule has 4 rings (SSSR count). The van der Waals surface area contributed by atoms with Crippen LogP contribution < -0.4 is 10.6 Å². The van der Waals surface area contributed by atoms with Crippen molar-refractivity contribution in [3.05, 3.63) is 54.1 Å². The van der Waals surface area contributed by atoms with E-state index < -0.39 is 11.2 Å². The van der Waals surface area contributed by atoms with Gasteiger partial charge in [0, 0.05) is 29.6 Å². The van der Waals surface area contributed by atoms with E-state index in [1.54, 1.807) is 29.2 Å². The molecule has 0 saturated carbocycles. The highest BCUT2D eigenvalue weighted by atomic mass is 32.2. The minimum absolute atomic E-state index is 0.123. The molecule has 9 heteroatoms. The first-order valence-electron chi connectivity index (χ1n) is 10.3. The fourth-order valence-corrected chi connectivity index (χ4v) is 4.87. The Labute approximate surface area is 189 Å². The summed E-state index contributed by atoms with van der Waals surface area (Å²) in [6, 6.07) is 13.9. The second-order valence-electron chi connectivity index (χ2n) is 7.64. The minimum atomic E-state index is -0.816. The molecule has 2 aromatic carbocycles. The van der Waals surface area contributed by atoms with E-state index in [1.165, 1.54) is 18.9 Å². The molecular weight excluding hydrogens is 430 g/mol. The SMILES string of the molecule is COC(=O)c1ccc(NC(=O)C2CCN(C(=O)[C@@H]3Sc4ccccc4NC3=O)CC2)cc1. The van der Waals surface area contributed by atoms with Gasteiger partial charge >= 0.3 is 5.97 Å². The van der Waals surface area contributed by atoms with Crippen molar-refractivity contribution in [2.24, 2.45) is 5.92 Å². The molecule has 32 heavy (non-hydrogen) atoms. The topological polar surface area (TPSA) is 105 Å². The van der Waals surface area contributed by atoms with Crippen LogP contribution in [0.1, 0.15) is 23.2 Å². The number of fused-ring (bicyclic) bond motifs is 1. The van der Waals surface area contributed by atoms with Crippen molar-refractivity contribution >= 4 is 46.8 Å². The van der Waals surface area contributed by atoms with E-state index in [1.807, 2.05) is 24.3 Å². The maximum atomic E-state index is 13.0. The van der Waals surface area contributed by atoms with Crippen LogP contribution in [0, 0.1) is 5.92 Å². The molecular formula is C23H23N3O5S. The summed E-state index contributed by atoms with van der Waals surface area (Å²) in [6.07, 6.45) is 1.04. The van der Waals surface area contributed by atoms with Gasteiger partial charge in [-0.1, -0.05) is 12.1 Å². The summed E-state index contributed by atoms with van der Waals surface area (Å²) in [7, 11) is 1.31. The van der Waals surface area contributed by atoms with Crippen LogP contribution in [-0.2, 0) is 19.1 Å². The lowest BCUT2D eigenvalue weighted by Gasteiger charge is -2.34. The van der Waals surface area contributed by atoms with E-state index >= 15 is 0 Å². The van der Waals surface area contributed by atoms with Crippen molar-refractivity contribution in [2.75, 3.05) is 30.8 Å². The van der Waals surface area contributed by atoms with Crippen molar-refractivity contribution in [1.82, 2.24) is 4.90 Å². The molecule has 1 fully saturated rings. The van der Waals surface area contributed by atoms with E-state index in [0.29, 0.717) is 37.2 Å². The summed E-state index contributed by atoms with van der Waals surface area (Å²) >= 11 is 1.27. The second-order valence-corrected chi connectivity index (χ2v) is 8.79. The standard InChI is InChI=1S/C23H23N3O5S/c1-31-23(30)15-6-8-16(9-7-15)24-20(27)14-10-12-26(13-11-14)22(29)19-21(28)25-17-4-2-3-5-18(17)32-19/h2-9,14,19H,10-13H2,1H3,(H,24,27)(H,25,28)/t19-/m1/s1. The van der Waals surface area contributed by atoms with Crippen molar-refractivity contribution in [1.29, 1.82) is 0 Å². The van der Waals surface area contributed by atoms with Gasteiger partial charge in [-0.25, -0.2) is 4.79 Å². The Balaban J connectivity index is 1.31. The molecule has 2 aliphatic rings. The number of carbonyl (C=O) groups excluding carboxylic acids is 4. The third-order valence-electron chi connectivity index (χ3n) is 5.60. The number of thioether (sulfide) groups is 1. The number of nitrogens with zero attached hydrogens (tertiary/aromatic N) is 1. The lowest BCUT2D eigenvalue weighted by atomic mass is 9.95. The summed E-state index contributed by atoms with van der Waals surface area (Å²) in [5.74, 6) is -1.32. The van der Waals surface area contributed by atoms with Gasteiger partial charge in [0.15, 0.2) is 5.25 Å². The van der Waals surface area contributed by atoms with Gasteiger partial charge in [-0.2, -0.15) is 0 Å². The zero-order valence-electron chi connectivity index (χ0n) is 17.5. The number of esters is 1. The van der Waals surface area contributed by atoms with E-state index in [-0.39, 0.29) is 23.6 Å². The summed E-state index contributed by atoms with van der Waals surface area (Å²) < 4.78 is 4.66. The van der Waals surface area contributed by atoms with Gasteiger partial charge in [0.25, 0.3) is 0 Å². The van der Waals surface area contributed by atoms with E-state index in [4.69, 9.17) is 0 Å². The van der Waals surface area contributed by atoms with Crippen molar-refractivity contribution in [3.63, 3.8) is 0 Å². The lowest BCUT2D eigenvalue weighted by molar-refractivity contribution is -0.136. The number of benzene rings is 2. The quantitative estimate of drug-likeness (QED) is 0.545. The molecule has 1 saturated heterocycles. The summed E-state index contributed by atoms with van der Waals surface area (Å²) in [5, 5.41) is 4.84. The summed E-state index contributed by atoms with van der Waals surface area (Å²) in [4.78, 5) is 52.1. The highest BCUT2D eigenvalue weighted by Crippen LogP contribution is 2.36. The fourth-order valence-electron chi connectivity index (χ4n) is 3.79. The van der Waals surface area contributed by atoms with Crippen molar-refractivity contribution in [3.8, 4) is 0 Å². The Kier molecular flexibility index (Phi) is 6.45. The molecule has 0 spiro atoms. The van der Waals surface area contributed by atoms with Gasteiger partial charge in [-0.3, -0.25) is 14.4 Å². The van der Waals surface area contributed by atoms with E-state index in [0.717, 1.165) is 10.6 Å². The lowest BCUT2D eigenvalue weighted by Crippen LogP contribution is -2.48. The van der Waals surface area contributed by atoms with Crippen LogP contribution in [0.15, 0.2) is 53.4 Å². The third-order valence-corrected chi connectivity index (χ3v) is 6.86. The number of ether oxygens (including phenoxy) is 1. The highest BCUT2D eigenvalue weighted by Gasteiger charge is 2.37. The van der Waals surface area contributed by atoms with Crippen LogP contribution in [0.2, 0.25) is 0 Å². The van der Waals surface area contributed by atoms with Gasteiger partial charge < -0.3 is 20.3 Å². The van der Waals surface area contributed by atoms with Crippen LogP contribution in [0.25, 0.3) is 0 Å². The molecule has 0 bridgehead atoms. The van der Waals surface area contributed by atoms with Gasteiger partial charge in [-0.05, 0) is 49.2 Å². The second kappa shape index (κ2) is 9.44. The first-order valence-corrected chi connectivity index (χ1v) is 11.2. The van der Waals surface area contributed by atoms with Crippen molar-refractivity contribution in [2.45, 2.75) is 23.0 Å². The van der Waals surface area contributed by atoms with Crippen LogP contribution >= 0.6 is 11.8 Å². The van der Waals surface area contributed by atoms with Crippen LogP contribution in [0.5, 0.6) is 0 Å². The number of piperidine rings is 1. The molecule has 166 valence electrons. The molecule has 3 amide bonds. The predicted octanol–water partition coefficient (Wildman–Crippen LogP) is 2.76. The molecule has 2 aromatic rings. The Hall–Kier alpha value is -3.33. The molecule has 8 nitrogen and oxygen atoms in total. The largest absolute Gasteiger partial charge is 0.465 e. The average Bonchev–Trinajstić information content (AvgIpc) is 2.83. The molecule has 2 N–H and O–H groups in total. The smallest absolute Gasteiger partial charge is 0.337 e. The fraction of sp³-hybridized carbons (Fsp3) is 0.304. The molecule has 0 radical (unpaired) electrons. The predicted molar refractivity (Wildman–Crippen MR) is 120 cm³/mol. The number of nitrogens with one attached hydrogen (secondary N) is 2. The number of hydrogen-bond donors (Lipinski definition) is 2. The maximum absolute atomic E-state index is 13.0. The minimum Gasteiger partial charge on any atom is -0.465 e. The third kappa shape index (κ3) is 4.62. The molecule has 2 aliphatic heterocycles. The van der Waals surface area contributed by atoms with Crippen LogP contribution in [0.3, 0.4) is 0 Å². The highest BCUT2D eigenvalue weighted by molar-refractivity contribution is 8.01. The van der Waals surface area contributed by atoms with Crippen LogP contribution in [0.4, 0.5) is 11.4 Å². The Morgan fingerprint density at radius 2 is 1.75 bits per heavy atom. The number of amides is 3. The molecule has 0 aliphatic carbocycles.